The molecule has 3 nitrogen and oxygen atoms in total. The zero-order chi connectivity index (χ0) is 17.1. The van der Waals surface area contributed by atoms with Gasteiger partial charge in [-0.1, -0.05) is 48.5 Å². The fourth-order valence-electron chi connectivity index (χ4n) is 4.23. The summed E-state index contributed by atoms with van der Waals surface area (Å²) < 4.78 is 0. The molecule has 0 spiro atoms. The first-order valence-electron chi connectivity index (χ1n) is 9.47. The molecular weight excluding hydrogens is 308 g/mol. The normalized spacial score (nSPS) is 21.0. The standard InChI is InChI=1S/C22H26N2O/c25-22(24-15-7-11-19-10-4-5-13-21(19)24)20-12-6-14-23(17-20)16-18-8-2-1-3-9-18/h1-5,8-10,13,20H,6-7,11-12,14-17H2. The van der Waals surface area contributed by atoms with Crippen LogP contribution in [0.25, 0.3) is 0 Å². The molecule has 1 unspecified atom stereocenters. The summed E-state index contributed by atoms with van der Waals surface area (Å²) in [5, 5.41) is 0. The van der Waals surface area contributed by atoms with Gasteiger partial charge in [0.1, 0.15) is 0 Å². The van der Waals surface area contributed by atoms with Crippen molar-refractivity contribution in [3.05, 3.63) is 65.7 Å². The van der Waals surface area contributed by atoms with Gasteiger partial charge in [0.2, 0.25) is 5.91 Å². The minimum absolute atomic E-state index is 0.128. The molecule has 2 aromatic rings. The Bertz CT molecular complexity index is 728. The van der Waals surface area contributed by atoms with Crippen LogP contribution in [-0.4, -0.2) is 30.4 Å². The zero-order valence-electron chi connectivity index (χ0n) is 14.7. The van der Waals surface area contributed by atoms with E-state index in [1.54, 1.807) is 0 Å². The summed E-state index contributed by atoms with van der Waals surface area (Å²) in [6.45, 7) is 3.79. The lowest BCUT2D eigenvalue weighted by atomic mass is 9.93. The van der Waals surface area contributed by atoms with Crippen molar-refractivity contribution in [2.75, 3.05) is 24.5 Å². The average Bonchev–Trinajstić information content (AvgIpc) is 2.68. The molecule has 0 aliphatic carbocycles. The second-order valence-electron chi connectivity index (χ2n) is 7.28. The van der Waals surface area contributed by atoms with Crippen molar-refractivity contribution in [3.63, 3.8) is 0 Å². The van der Waals surface area contributed by atoms with E-state index in [0.717, 1.165) is 57.5 Å². The molecule has 0 bridgehead atoms. The van der Waals surface area contributed by atoms with Crippen LogP contribution in [0, 0.1) is 5.92 Å². The van der Waals surface area contributed by atoms with Crippen molar-refractivity contribution < 1.29 is 4.79 Å². The lowest BCUT2D eigenvalue weighted by Gasteiger charge is -2.37. The summed E-state index contributed by atoms with van der Waals surface area (Å²) in [6, 6.07) is 19.0. The molecule has 0 N–H and O–H groups in total. The third-order valence-corrected chi connectivity index (χ3v) is 5.48. The topological polar surface area (TPSA) is 23.6 Å². The van der Waals surface area contributed by atoms with Crippen molar-refractivity contribution >= 4 is 11.6 Å². The van der Waals surface area contributed by atoms with Crippen LogP contribution in [0.2, 0.25) is 0 Å². The summed E-state index contributed by atoms with van der Waals surface area (Å²) in [7, 11) is 0. The highest BCUT2D eigenvalue weighted by Crippen LogP contribution is 2.30. The predicted molar refractivity (Wildman–Crippen MR) is 102 cm³/mol. The summed E-state index contributed by atoms with van der Waals surface area (Å²) in [6.07, 6.45) is 4.29. The Labute approximate surface area is 150 Å². The molecule has 1 atom stereocenters. The number of hydrogen-bond acceptors (Lipinski definition) is 2. The number of para-hydroxylation sites is 1. The predicted octanol–water partition coefficient (Wildman–Crippen LogP) is 3.88. The molecule has 0 saturated carbocycles. The second kappa shape index (κ2) is 7.40. The molecule has 0 radical (unpaired) electrons. The third kappa shape index (κ3) is 3.62. The number of hydrogen-bond donors (Lipinski definition) is 0. The van der Waals surface area contributed by atoms with Crippen molar-refractivity contribution in [1.29, 1.82) is 0 Å². The van der Waals surface area contributed by atoms with Crippen LogP contribution in [0.15, 0.2) is 54.6 Å². The van der Waals surface area contributed by atoms with Crippen LogP contribution in [-0.2, 0) is 17.8 Å². The quantitative estimate of drug-likeness (QED) is 0.850. The molecule has 4 rings (SSSR count). The van der Waals surface area contributed by atoms with E-state index < -0.39 is 0 Å². The van der Waals surface area contributed by atoms with Gasteiger partial charge in [0.05, 0.1) is 5.92 Å². The number of anilines is 1. The van der Waals surface area contributed by atoms with Gasteiger partial charge in [-0.15, -0.1) is 0 Å². The minimum Gasteiger partial charge on any atom is -0.312 e. The van der Waals surface area contributed by atoms with Gasteiger partial charge < -0.3 is 4.90 Å². The maximum Gasteiger partial charge on any atom is 0.231 e. The number of amides is 1. The van der Waals surface area contributed by atoms with Gasteiger partial charge in [0.25, 0.3) is 0 Å². The molecule has 25 heavy (non-hydrogen) atoms. The summed E-state index contributed by atoms with van der Waals surface area (Å²) >= 11 is 0. The van der Waals surface area contributed by atoms with Gasteiger partial charge >= 0.3 is 0 Å². The highest BCUT2D eigenvalue weighted by atomic mass is 16.2. The Hall–Kier alpha value is -2.13. The summed E-state index contributed by atoms with van der Waals surface area (Å²) in [5.74, 6) is 0.452. The van der Waals surface area contributed by atoms with Gasteiger partial charge in [-0.2, -0.15) is 0 Å². The highest BCUT2D eigenvalue weighted by Gasteiger charge is 2.31. The van der Waals surface area contributed by atoms with Crippen LogP contribution >= 0.6 is 0 Å². The summed E-state index contributed by atoms with van der Waals surface area (Å²) in [5.41, 5.74) is 3.79. The molecule has 1 saturated heterocycles. The Morgan fingerprint density at radius 1 is 0.960 bits per heavy atom. The molecule has 0 aromatic heterocycles. The molecule has 2 aliphatic rings. The van der Waals surface area contributed by atoms with Crippen molar-refractivity contribution in [2.24, 2.45) is 5.92 Å². The van der Waals surface area contributed by atoms with Gasteiger partial charge in [-0.05, 0) is 49.4 Å². The minimum atomic E-state index is 0.128. The Balaban J connectivity index is 1.46. The second-order valence-corrected chi connectivity index (χ2v) is 7.28. The van der Waals surface area contributed by atoms with E-state index in [0.29, 0.717) is 5.91 Å². The van der Waals surface area contributed by atoms with Crippen LogP contribution < -0.4 is 4.90 Å². The fourth-order valence-corrected chi connectivity index (χ4v) is 4.23. The van der Waals surface area contributed by atoms with E-state index in [-0.39, 0.29) is 5.92 Å². The van der Waals surface area contributed by atoms with E-state index >= 15 is 0 Å². The van der Waals surface area contributed by atoms with E-state index in [9.17, 15) is 4.79 Å². The van der Waals surface area contributed by atoms with Gasteiger partial charge in [0, 0.05) is 25.3 Å². The largest absolute Gasteiger partial charge is 0.312 e. The first-order valence-corrected chi connectivity index (χ1v) is 9.47. The Kier molecular flexibility index (Phi) is 4.84. The van der Waals surface area contributed by atoms with Crippen LogP contribution in [0.4, 0.5) is 5.69 Å². The molecule has 3 heteroatoms. The van der Waals surface area contributed by atoms with Crippen molar-refractivity contribution in [3.8, 4) is 0 Å². The molecule has 2 heterocycles. The molecule has 1 amide bonds. The van der Waals surface area contributed by atoms with Crippen LogP contribution in [0.5, 0.6) is 0 Å². The number of carbonyl (C=O) groups excluding carboxylic acids is 1. The smallest absolute Gasteiger partial charge is 0.231 e. The summed E-state index contributed by atoms with van der Waals surface area (Å²) in [4.78, 5) is 17.7. The third-order valence-electron chi connectivity index (χ3n) is 5.48. The zero-order valence-corrected chi connectivity index (χ0v) is 14.7. The van der Waals surface area contributed by atoms with Crippen molar-refractivity contribution in [1.82, 2.24) is 4.90 Å². The number of nitrogens with zero attached hydrogens (tertiary/aromatic N) is 2. The number of aryl methyl sites for hydroxylation is 1. The molecule has 1 fully saturated rings. The van der Waals surface area contributed by atoms with Gasteiger partial charge in [-0.3, -0.25) is 9.69 Å². The molecule has 2 aromatic carbocycles. The number of piperidine rings is 1. The first kappa shape index (κ1) is 16.3. The maximum absolute atomic E-state index is 13.2. The number of benzene rings is 2. The number of carbonyl (C=O) groups is 1. The average molecular weight is 334 g/mol. The lowest BCUT2D eigenvalue weighted by Crippen LogP contribution is -2.46. The lowest BCUT2D eigenvalue weighted by molar-refractivity contribution is -0.124. The van der Waals surface area contributed by atoms with Crippen LogP contribution in [0.3, 0.4) is 0 Å². The molecular formula is C22H26N2O. The van der Waals surface area contributed by atoms with E-state index in [2.05, 4.69) is 58.3 Å². The van der Waals surface area contributed by atoms with E-state index in [1.807, 2.05) is 6.07 Å². The SMILES string of the molecule is O=C(C1CCCN(Cc2ccccc2)C1)N1CCCc2ccccc21. The number of fused-ring (bicyclic) bond motifs is 1. The number of likely N-dealkylation sites (tertiary alicyclic amines) is 1. The molecule has 2 aliphatic heterocycles. The monoisotopic (exact) mass is 334 g/mol. The van der Waals surface area contributed by atoms with Gasteiger partial charge in [-0.25, -0.2) is 0 Å². The highest BCUT2D eigenvalue weighted by molar-refractivity contribution is 5.96. The van der Waals surface area contributed by atoms with Crippen LogP contribution in [0.1, 0.15) is 30.4 Å². The van der Waals surface area contributed by atoms with E-state index in [4.69, 9.17) is 0 Å². The molecule has 130 valence electrons. The fraction of sp³-hybridized carbons (Fsp3) is 0.409. The Morgan fingerprint density at radius 3 is 2.64 bits per heavy atom. The van der Waals surface area contributed by atoms with Crippen molar-refractivity contribution in [2.45, 2.75) is 32.2 Å². The first-order chi connectivity index (χ1) is 12.3. The number of rotatable bonds is 3. The maximum atomic E-state index is 13.2. The van der Waals surface area contributed by atoms with Gasteiger partial charge in [0.15, 0.2) is 0 Å². The van der Waals surface area contributed by atoms with E-state index in [1.165, 1.54) is 11.1 Å². The Morgan fingerprint density at radius 2 is 1.76 bits per heavy atom.